The van der Waals surface area contributed by atoms with Crippen molar-refractivity contribution in [3.8, 4) is 10.6 Å². The summed E-state index contributed by atoms with van der Waals surface area (Å²) in [6.07, 6.45) is 0.285. The van der Waals surface area contributed by atoms with Gasteiger partial charge in [0.2, 0.25) is 5.91 Å². The number of carbonyl (C=O) groups is 2. The van der Waals surface area contributed by atoms with Gasteiger partial charge in [-0.25, -0.2) is 4.98 Å². The van der Waals surface area contributed by atoms with Crippen molar-refractivity contribution in [3.63, 3.8) is 0 Å². The third-order valence-corrected chi connectivity index (χ3v) is 5.84. The molecular formula is C24H27N3O2S. The number of hydrogen-bond acceptors (Lipinski definition) is 4. The van der Waals surface area contributed by atoms with Crippen LogP contribution in [0.15, 0.2) is 53.9 Å². The van der Waals surface area contributed by atoms with E-state index in [0.717, 1.165) is 21.8 Å². The van der Waals surface area contributed by atoms with Gasteiger partial charge in [0, 0.05) is 43.7 Å². The molecule has 1 heterocycles. The third kappa shape index (κ3) is 5.33. The van der Waals surface area contributed by atoms with Gasteiger partial charge in [-0.2, -0.15) is 0 Å². The average Bonchev–Trinajstić information content (AvgIpc) is 3.20. The molecule has 0 spiro atoms. The van der Waals surface area contributed by atoms with Crippen molar-refractivity contribution in [1.29, 1.82) is 0 Å². The fourth-order valence-corrected chi connectivity index (χ4v) is 3.92. The Bertz CT molecular complexity index is 1010. The lowest BCUT2D eigenvalue weighted by atomic mass is 10.1. The molecule has 2 amide bonds. The van der Waals surface area contributed by atoms with Crippen LogP contribution in [-0.2, 0) is 17.8 Å². The first-order chi connectivity index (χ1) is 14.4. The number of likely N-dealkylation sites (N-methyl/N-ethyl adjacent to an activating group) is 1. The highest BCUT2D eigenvalue weighted by Gasteiger charge is 2.16. The maximum absolute atomic E-state index is 12.8. The molecule has 1 aromatic heterocycles. The van der Waals surface area contributed by atoms with E-state index in [1.165, 1.54) is 5.56 Å². The highest BCUT2D eigenvalue weighted by Crippen LogP contribution is 2.24. The van der Waals surface area contributed by atoms with Crippen LogP contribution in [0.1, 0.15) is 34.1 Å². The molecule has 0 aliphatic rings. The molecule has 3 rings (SSSR count). The molecule has 0 radical (unpaired) electrons. The predicted molar refractivity (Wildman–Crippen MR) is 122 cm³/mol. The zero-order valence-corrected chi connectivity index (χ0v) is 18.7. The van der Waals surface area contributed by atoms with Crippen LogP contribution < -0.4 is 0 Å². The molecule has 0 fully saturated rings. The molecule has 0 atom stereocenters. The van der Waals surface area contributed by atoms with E-state index >= 15 is 0 Å². The van der Waals surface area contributed by atoms with Gasteiger partial charge in [-0.15, -0.1) is 11.3 Å². The van der Waals surface area contributed by atoms with Gasteiger partial charge < -0.3 is 9.80 Å². The molecule has 2 aromatic carbocycles. The van der Waals surface area contributed by atoms with Crippen molar-refractivity contribution in [3.05, 3.63) is 76.3 Å². The van der Waals surface area contributed by atoms with E-state index in [9.17, 15) is 9.59 Å². The quantitative estimate of drug-likeness (QED) is 0.568. The Morgan fingerprint density at radius 2 is 1.67 bits per heavy atom. The minimum Gasteiger partial charge on any atom is -0.345 e. The maximum Gasteiger partial charge on any atom is 0.253 e. The molecular weight excluding hydrogens is 394 g/mol. The third-order valence-electron chi connectivity index (χ3n) is 4.90. The fourth-order valence-electron chi connectivity index (χ4n) is 3.09. The summed E-state index contributed by atoms with van der Waals surface area (Å²) in [7, 11) is 3.47. The highest BCUT2D eigenvalue weighted by atomic mass is 32.1. The average molecular weight is 422 g/mol. The Labute approximate surface area is 182 Å². The van der Waals surface area contributed by atoms with Crippen LogP contribution in [0.5, 0.6) is 0 Å². The van der Waals surface area contributed by atoms with Crippen LogP contribution in [0.2, 0.25) is 0 Å². The van der Waals surface area contributed by atoms with E-state index < -0.39 is 0 Å². The van der Waals surface area contributed by atoms with Gasteiger partial charge in [-0.05, 0) is 31.5 Å². The van der Waals surface area contributed by atoms with Crippen LogP contribution in [0.4, 0.5) is 0 Å². The van der Waals surface area contributed by atoms with Gasteiger partial charge in [0.1, 0.15) is 5.01 Å². The lowest BCUT2D eigenvalue weighted by Crippen LogP contribution is -2.31. The summed E-state index contributed by atoms with van der Waals surface area (Å²) in [6.45, 7) is 5.16. The number of nitrogens with zero attached hydrogens (tertiary/aromatic N) is 3. The Morgan fingerprint density at radius 3 is 2.27 bits per heavy atom. The van der Waals surface area contributed by atoms with Crippen molar-refractivity contribution in [1.82, 2.24) is 14.8 Å². The zero-order valence-electron chi connectivity index (χ0n) is 17.9. The van der Waals surface area contributed by atoms with Crippen LogP contribution in [-0.4, -0.2) is 47.2 Å². The summed E-state index contributed by atoms with van der Waals surface area (Å²) in [5.74, 6) is 0.0181. The zero-order chi connectivity index (χ0) is 21.7. The van der Waals surface area contributed by atoms with E-state index in [2.05, 4.69) is 36.2 Å². The normalized spacial score (nSPS) is 10.7. The fraction of sp³-hybridized carbons (Fsp3) is 0.292. The molecule has 0 saturated heterocycles. The molecule has 0 aliphatic carbocycles. The van der Waals surface area contributed by atoms with Gasteiger partial charge in [0.15, 0.2) is 0 Å². The first-order valence-electron chi connectivity index (χ1n) is 9.97. The standard InChI is InChI=1S/C24H27N3O2S/c1-5-27(15-18-8-12-20(13-9-18)24(29)26(3)4)22(28)14-21-16-30-23(25-21)19-10-6-17(2)7-11-19/h6-13,16H,5,14-15H2,1-4H3. The molecule has 0 unspecified atom stereocenters. The summed E-state index contributed by atoms with van der Waals surface area (Å²) in [4.78, 5) is 32.9. The number of benzene rings is 2. The second-order valence-corrected chi connectivity index (χ2v) is 8.35. The first-order valence-corrected chi connectivity index (χ1v) is 10.8. The Kier molecular flexibility index (Phi) is 7.00. The van der Waals surface area contributed by atoms with E-state index in [1.54, 1.807) is 30.3 Å². The smallest absolute Gasteiger partial charge is 0.253 e. The van der Waals surface area contributed by atoms with E-state index in [-0.39, 0.29) is 18.2 Å². The molecule has 0 aliphatic heterocycles. The number of aromatic nitrogens is 1. The van der Waals surface area contributed by atoms with E-state index in [4.69, 9.17) is 0 Å². The lowest BCUT2D eigenvalue weighted by Gasteiger charge is -2.21. The van der Waals surface area contributed by atoms with Crippen molar-refractivity contribution in [2.45, 2.75) is 26.8 Å². The van der Waals surface area contributed by atoms with Crippen molar-refractivity contribution >= 4 is 23.2 Å². The Morgan fingerprint density at radius 1 is 1.00 bits per heavy atom. The monoisotopic (exact) mass is 421 g/mol. The first kappa shape index (κ1) is 21.7. The number of hydrogen-bond donors (Lipinski definition) is 0. The Balaban J connectivity index is 1.64. The molecule has 0 saturated carbocycles. The SMILES string of the molecule is CCN(Cc1ccc(C(=O)N(C)C)cc1)C(=O)Cc1csc(-c2ccc(C)cc2)n1. The summed E-state index contributed by atoms with van der Waals surface area (Å²) in [6, 6.07) is 15.7. The second kappa shape index (κ2) is 9.67. The van der Waals surface area contributed by atoms with Crippen LogP contribution in [0.25, 0.3) is 10.6 Å². The Hall–Kier alpha value is -2.99. The molecule has 6 heteroatoms. The lowest BCUT2D eigenvalue weighted by molar-refractivity contribution is -0.130. The number of carbonyl (C=O) groups excluding carboxylic acids is 2. The molecule has 156 valence electrons. The number of rotatable bonds is 7. The van der Waals surface area contributed by atoms with Crippen LogP contribution in [0, 0.1) is 6.92 Å². The second-order valence-electron chi connectivity index (χ2n) is 7.49. The van der Waals surface area contributed by atoms with Gasteiger partial charge in [0.05, 0.1) is 12.1 Å². The maximum atomic E-state index is 12.8. The minimum absolute atomic E-state index is 0.0297. The summed E-state index contributed by atoms with van der Waals surface area (Å²) >= 11 is 1.56. The van der Waals surface area contributed by atoms with E-state index in [0.29, 0.717) is 18.7 Å². The summed E-state index contributed by atoms with van der Waals surface area (Å²) in [5.41, 5.74) is 4.72. The number of amides is 2. The molecule has 0 bridgehead atoms. The van der Waals surface area contributed by atoms with Crippen molar-refractivity contribution < 1.29 is 9.59 Å². The predicted octanol–water partition coefficient (Wildman–Crippen LogP) is 4.41. The highest BCUT2D eigenvalue weighted by molar-refractivity contribution is 7.13. The minimum atomic E-state index is -0.0297. The van der Waals surface area contributed by atoms with Crippen molar-refractivity contribution in [2.24, 2.45) is 0 Å². The largest absolute Gasteiger partial charge is 0.345 e. The summed E-state index contributed by atoms with van der Waals surface area (Å²) in [5, 5.41) is 2.89. The van der Waals surface area contributed by atoms with Crippen molar-refractivity contribution in [2.75, 3.05) is 20.6 Å². The van der Waals surface area contributed by atoms with Gasteiger partial charge in [0.25, 0.3) is 5.91 Å². The topological polar surface area (TPSA) is 53.5 Å². The van der Waals surface area contributed by atoms with Crippen LogP contribution in [0.3, 0.4) is 0 Å². The van der Waals surface area contributed by atoms with Crippen LogP contribution >= 0.6 is 11.3 Å². The number of thiazole rings is 1. The van der Waals surface area contributed by atoms with Gasteiger partial charge >= 0.3 is 0 Å². The van der Waals surface area contributed by atoms with E-state index in [1.807, 2.05) is 41.5 Å². The van der Waals surface area contributed by atoms with Gasteiger partial charge in [-0.3, -0.25) is 9.59 Å². The number of aryl methyl sites for hydroxylation is 1. The van der Waals surface area contributed by atoms with Gasteiger partial charge in [-0.1, -0.05) is 42.0 Å². The molecule has 30 heavy (non-hydrogen) atoms. The summed E-state index contributed by atoms with van der Waals surface area (Å²) < 4.78 is 0. The molecule has 5 nitrogen and oxygen atoms in total. The molecule has 3 aromatic rings. The molecule has 0 N–H and O–H groups in total.